The summed E-state index contributed by atoms with van der Waals surface area (Å²) in [7, 11) is 0. The standard InChI is InChI=1S/C21H23NO2/c23-21(14-6-10-17-8-2-1-3-9-17)22-15-7-12-19-16-18-11-4-5-13-20(18)24-19/h1-5,8-9,11,13,16H,6-7,10,12,14-15H2,(H,22,23). The van der Waals surface area contributed by atoms with E-state index in [4.69, 9.17) is 4.42 Å². The van der Waals surface area contributed by atoms with E-state index in [-0.39, 0.29) is 5.91 Å². The highest BCUT2D eigenvalue weighted by Crippen LogP contribution is 2.19. The van der Waals surface area contributed by atoms with Gasteiger partial charge in [0, 0.05) is 24.8 Å². The van der Waals surface area contributed by atoms with E-state index in [0.29, 0.717) is 13.0 Å². The number of aryl methyl sites for hydroxylation is 2. The first-order valence-corrected chi connectivity index (χ1v) is 8.59. The number of para-hydroxylation sites is 1. The van der Waals surface area contributed by atoms with Gasteiger partial charge in [-0.1, -0.05) is 48.5 Å². The van der Waals surface area contributed by atoms with Gasteiger partial charge in [0.2, 0.25) is 5.91 Å². The van der Waals surface area contributed by atoms with Crippen LogP contribution in [-0.2, 0) is 17.6 Å². The number of benzene rings is 2. The van der Waals surface area contributed by atoms with E-state index in [1.54, 1.807) is 0 Å². The van der Waals surface area contributed by atoms with Gasteiger partial charge in [0.15, 0.2) is 0 Å². The van der Waals surface area contributed by atoms with Crippen molar-refractivity contribution in [2.75, 3.05) is 6.54 Å². The van der Waals surface area contributed by atoms with Gasteiger partial charge in [-0.15, -0.1) is 0 Å². The Morgan fingerprint density at radius 1 is 0.917 bits per heavy atom. The third-order valence-electron chi connectivity index (χ3n) is 4.11. The lowest BCUT2D eigenvalue weighted by atomic mass is 10.1. The molecule has 1 heterocycles. The molecule has 1 aromatic heterocycles. The lowest BCUT2D eigenvalue weighted by molar-refractivity contribution is -0.121. The van der Waals surface area contributed by atoms with Crippen molar-refractivity contribution in [1.82, 2.24) is 5.32 Å². The molecule has 124 valence electrons. The lowest BCUT2D eigenvalue weighted by Crippen LogP contribution is -2.24. The summed E-state index contributed by atoms with van der Waals surface area (Å²) >= 11 is 0. The average molecular weight is 321 g/mol. The number of nitrogens with one attached hydrogen (secondary N) is 1. The Hall–Kier alpha value is -2.55. The van der Waals surface area contributed by atoms with Crippen molar-refractivity contribution in [1.29, 1.82) is 0 Å². The van der Waals surface area contributed by atoms with E-state index in [1.807, 2.05) is 36.4 Å². The molecule has 3 heteroatoms. The average Bonchev–Trinajstić information content (AvgIpc) is 3.02. The first kappa shape index (κ1) is 16.3. The summed E-state index contributed by atoms with van der Waals surface area (Å²) in [6.07, 6.45) is 4.16. The third-order valence-corrected chi connectivity index (χ3v) is 4.11. The molecule has 0 bridgehead atoms. The number of fused-ring (bicyclic) bond motifs is 1. The Balaban J connectivity index is 1.32. The molecule has 0 aliphatic rings. The zero-order valence-electron chi connectivity index (χ0n) is 13.8. The number of furan rings is 1. The van der Waals surface area contributed by atoms with Gasteiger partial charge in [0.1, 0.15) is 11.3 Å². The second kappa shape index (κ2) is 8.34. The molecular weight excluding hydrogens is 298 g/mol. The topological polar surface area (TPSA) is 42.2 Å². The highest BCUT2D eigenvalue weighted by atomic mass is 16.3. The van der Waals surface area contributed by atoms with Crippen molar-refractivity contribution in [2.24, 2.45) is 0 Å². The molecule has 0 unspecified atom stereocenters. The van der Waals surface area contributed by atoms with E-state index in [0.717, 1.165) is 42.4 Å². The molecular formula is C21H23NO2. The van der Waals surface area contributed by atoms with Crippen LogP contribution in [0.1, 0.15) is 30.6 Å². The van der Waals surface area contributed by atoms with Crippen molar-refractivity contribution in [3.8, 4) is 0 Å². The molecule has 0 spiro atoms. The van der Waals surface area contributed by atoms with Gasteiger partial charge in [-0.05, 0) is 37.0 Å². The summed E-state index contributed by atoms with van der Waals surface area (Å²) < 4.78 is 5.78. The van der Waals surface area contributed by atoms with E-state index >= 15 is 0 Å². The molecule has 24 heavy (non-hydrogen) atoms. The Kier molecular flexibility index (Phi) is 5.67. The molecule has 3 nitrogen and oxygen atoms in total. The quantitative estimate of drug-likeness (QED) is 0.621. The molecule has 0 fully saturated rings. The first-order valence-electron chi connectivity index (χ1n) is 8.59. The summed E-state index contributed by atoms with van der Waals surface area (Å²) in [6.45, 7) is 0.696. The van der Waals surface area contributed by atoms with E-state index in [9.17, 15) is 4.79 Å². The summed E-state index contributed by atoms with van der Waals surface area (Å²) in [6, 6.07) is 20.4. The normalized spacial score (nSPS) is 10.8. The molecule has 0 radical (unpaired) electrons. The molecule has 2 aromatic carbocycles. The van der Waals surface area contributed by atoms with Crippen LogP contribution in [0.3, 0.4) is 0 Å². The second-order valence-corrected chi connectivity index (χ2v) is 6.04. The van der Waals surface area contributed by atoms with E-state index < -0.39 is 0 Å². The minimum Gasteiger partial charge on any atom is -0.461 e. The summed E-state index contributed by atoms with van der Waals surface area (Å²) in [5, 5.41) is 4.13. The molecule has 0 saturated carbocycles. The minimum absolute atomic E-state index is 0.135. The predicted molar refractivity (Wildman–Crippen MR) is 96.9 cm³/mol. The molecule has 0 aliphatic heterocycles. The van der Waals surface area contributed by atoms with Crippen LogP contribution in [0.5, 0.6) is 0 Å². The monoisotopic (exact) mass is 321 g/mol. The van der Waals surface area contributed by atoms with Gasteiger partial charge >= 0.3 is 0 Å². The van der Waals surface area contributed by atoms with E-state index in [1.165, 1.54) is 5.56 Å². The number of carbonyl (C=O) groups is 1. The number of rotatable bonds is 8. The van der Waals surface area contributed by atoms with Crippen LogP contribution in [0.2, 0.25) is 0 Å². The van der Waals surface area contributed by atoms with Crippen molar-refractivity contribution in [2.45, 2.75) is 32.1 Å². The Morgan fingerprint density at radius 2 is 1.71 bits per heavy atom. The second-order valence-electron chi connectivity index (χ2n) is 6.04. The lowest BCUT2D eigenvalue weighted by Gasteiger charge is -2.04. The largest absolute Gasteiger partial charge is 0.461 e. The van der Waals surface area contributed by atoms with Crippen LogP contribution in [0.4, 0.5) is 0 Å². The maximum absolute atomic E-state index is 11.9. The highest BCUT2D eigenvalue weighted by molar-refractivity contribution is 5.77. The smallest absolute Gasteiger partial charge is 0.220 e. The van der Waals surface area contributed by atoms with Crippen LogP contribution < -0.4 is 5.32 Å². The maximum atomic E-state index is 11.9. The van der Waals surface area contributed by atoms with Gasteiger partial charge in [0.25, 0.3) is 0 Å². The molecule has 3 aromatic rings. The van der Waals surface area contributed by atoms with Crippen LogP contribution in [0.25, 0.3) is 11.0 Å². The Labute approximate surface area is 142 Å². The molecule has 1 N–H and O–H groups in total. The molecule has 0 atom stereocenters. The van der Waals surface area contributed by atoms with Crippen LogP contribution in [-0.4, -0.2) is 12.5 Å². The molecule has 3 rings (SSSR count). The maximum Gasteiger partial charge on any atom is 0.220 e. The van der Waals surface area contributed by atoms with Gasteiger partial charge in [-0.3, -0.25) is 4.79 Å². The Bertz CT molecular complexity index is 744. The predicted octanol–water partition coefficient (Wildman–Crippen LogP) is 4.50. The molecule has 0 aliphatic carbocycles. The number of carbonyl (C=O) groups excluding carboxylic acids is 1. The van der Waals surface area contributed by atoms with Crippen LogP contribution in [0, 0.1) is 0 Å². The van der Waals surface area contributed by atoms with Crippen molar-refractivity contribution >= 4 is 16.9 Å². The summed E-state index contributed by atoms with van der Waals surface area (Å²) in [5.74, 6) is 1.12. The first-order chi connectivity index (χ1) is 11.8. The number of hydrogen-bond acceptors (Lipinski definition) is 2. The third kappa shape index (κ3) is 4.72. The minimum atomic E-state index is 0.135. The fourth-order valence-corrected chi connectivity index (χ4v) is 2.84. The van der Waals surface area contributed by atoms with Gasteiger partial charge in [-0.25, -0.2) is 0 Å². The summed E-state index contributed by atoms with van der Waals surface area (Å²) in [5.41, 5.74) is 2.22. The zero-order valence-corrected chi connectivity index (χ0v) is 13.8. The van der Waals surface area contributed by atoms with Crippen molar-refractivity contribution in [3.05, 3.63) is 72.0 Å². The van der Waals surface area contributed by atoms with E-state index in [2.05, 4.69) is 29.6 Å². The SMILES string of the molecule is O=C(CCCc1ccccc1)NCCCc1cc2ccccc2o1. The van der Waals surface area contributed by atoms with Gasteiger partial charge in [-0.2, -0.15) is 0 Å². The van der Waals surface area contributed by atoms with Crippen molar-refractivity contribution in [3.63, 3.8) is 0 Å². The van der Waals surface area contributed by atoms with Crippen molar-refractivity contribution < 1.29 is 9.21 Å². The highest BCUT2D eigenvalue weighted by Gasteiger charge is 2.04. The summed E-state index contributed by atoms with van der Waals surface area (Å²) in [4.78, 5) is 11.9. The van der Waals surface area contributed by atoms with Gasteiger partial charge in [0.05, 0.1) is 0 Å². The van der Waals surface area contributed by atoms with Crippen LogP contribution >= 0.6 is 0 Å². The fourth-order valence-electron chi connectivity index (χ4n) is 2.84. The van der Waals surface area contributed by atoms with Crippen LogP contribution in [0.15, 0.2) is 65.1 Å². The zero-order chi connectivity index (χ0) is 16.6. The molecule has 0 saturated heterocycles. The number of hydrogen-bond donors (Lipinski definition) is 1. The molecule has 1 amide bonds. The fraction of sp³-hybridized carbons (Fsp3) is 0.286. The van der Waals surface area contributed by atoms with Gasteiger partial charge < -0.3 is 9.73 Å². The number of amides is 1. The Morgan fingerprint density at radius 3 is 2.54 bits per heavy atom.